The van der Waals surface area contributed by atoms with Gasteiger partial charge in [0.25, 0.3) is 0 Å². The molecule has 2 atom stereocenters. The predicted molar refractivity (Wildman–Crippen MR) is 101 cm³/mol. The second-order valence-corrected chi connectivity index (χ2v) is 7.61. The number of aromatic nitrogens is 2. The van der Waals surface area contributed by atoms with Gasteiger partial charge in [-0.15, -0.1) is 21.5 Å². The molecule has 6 heteroatoms. The number of nitrogens with zero attached hydrogens (tertiary/aromatic N) is 2. The number of aryl methyl sites for hydroxylation is 1. The molecule has 4 rings (SSSR count). The van der Waals surface area contributed by atoms with E-state index in [1.54, 1.807) is 11.3 Å². The molecule has 0 unspecified atom stereocenters. The monoisotopic (exact) mass is 355 g/mol. The summed E-state index contributed by atoms with van der Waals surface area (Å²) in [5.74, 6) is 0.919. The standard InChI is InChI=1S/C19H21N3O2S/c1-11-10-17(20-14-4-2-3-5-15(14)23)21-22-18(11)13-6-7-16-12(19(13)24)8-9-25-16/h6-10,14-15,23-24H,2-5H2,1H3,(H,20,21)/t14-,15+/m1/s1. The Kier molecular flexibility index (Phi) is 4.31. The molecule has 1 aliphatic rings. The number of aromatic hydroxyl groups is 1. The van der Waals surface area contributed by atoms with Crippen LogP contribution in [0.1, 0.15) is 31.2 Å². The minimum absolute atomic E-state index is 0.0314. The van der Waals surface area contributed by atoms with Crippen molar-refractivity contribution < 1.29 is 10.2 Å². The minimum Gasteiger partial charge on any atom is -0.507 e. The molecular weight excluding hydrogens is 334 g/mol. The minimum atomic E-state index is -0.333. The number of hydrogen-bond acceptors (Lipinski definition) is 6. The number of fused-ring (bicyclic) bond motifs is 1. The Labute approximate surface area is 150 Å². The Balaban J connectivity index is 1.64. The molecule has 0 amide bonds. The quantitative estimate of drug-likeness (QED) is 0.659. The van der Waals surface area contributed by atoms with Crippen molar-refractivity contribution in [3.05, 3.63) is 35.2 Å². The molecule has 25 heavy (non-hydrogen) atoms. The van der Waals surface area contributed by atoms with Crippen molar-refractivity contribution in [3.8, 4) is 17.0 Å². The van der Waals surface area contributed by atoms with E-state index in [9.17, 15) is 10.2 Å². The largest absolute Gasteiger partial charge is 0.507 e. The summed E-state index contributed by atoms with van der Waals surface area (Å²) in [5.41, 5.74) is 2.31. The van der Waals surface area contributed by atoms with Crippen LogP contribution in [0, 0.1) is 6.92 Å². The first kappa shape index (κ1) is 16.3. The summed E-state index contributed by atoms with van der Waals surface area (Å²) < 4.78 is 1.05. The summed E-state index contributed by atoms with van der Waals surface area (Å²) in [6.45, 7) is 1.96. The molecule has 0 spiro atoms. The number of anilines is 1. The molecule has 1 fully saturated rings. The third-order valence-corrected chi connectivity index (χ3v) is 5.79. The van der Waals surface area contributed by atoms with Crippen LogP contribution in [0.2, 0.25) is 0 Å². The lowest BCUT2D eigenvalue weighted by Gasteiger charge is -2.28. The highest BCUT2D eigenvalue weighted by Gasteiger charge is 2.23. The van der Waals surface area contributed by atoms with Gasteiger partial charge in [-0.25, -0.2) is 0 Å². The predicted octanol–water partition coefficient (Wildman–Crippen LogP) is 4.09. The molecule has 0 saturated heterocycles. The van der Waals surface area contributed by atoms with Gasteiger partial charge in [0, 0.05) is 15.6 Å². The molecule has 5 nitrogen and oxygen atoms in total. The summed E-state index contributed by atoms with van der Waals surface area (Å²) >= 11 is 1.60. The van der Waals surface area contributed by atoms with Crippen LogP contribution in [-0.2, 0) is 0 Å². The van der Waals surface area contributed by atoms with E-state index < -0.39 is 0 Å². The Morgan fingerprint density at radius 3 is 2.80 bits per heavy atom. The molecule has 1 saturated carbocycles. The van der Waals surface area contributed by atoms with Crippen LogP contribution in [0.5, 0.6) is 5.75 Å². The third-order valence-electron chi connectivity index (χ3n) is 4.91. The highest BCUT2D eigenvalue weighted by atomic mass is 32.1. The first-order valence-electron chi connectivity index (χ1n) is 8.62. The lowest BCUT2D eigenvalue weighted by molar-refractivity contribution is 0.116. The fraction of sp³-hybridized carbons (Fsp3) is 0.368. The van der Waals surface area contributed by atoms with Crippen LogP contribution >= 0.6 is 11.3 Å². The van der Waals surface area contributed by atoms with Gasteiger partial charge in [0.05, 0.1) is 17.8 Å². The molecule has 2 aromatic heterocycles. The van der Waals surface area contributed by atoms with Gasteiger partial charge in [0.15, 0.2) is 0 Å². The first-order valence-corrected chi connectivity index (χ1v) is 9.50. The Bertz CT molecular complexity index is 909. The average molecular weight is 355 g/mol. The van der Waals surface area contributed by atoms with E-state index in [4.69, 9.17) is 0 Å². The maximum atomic E-state index is 10.6. The van der Waals surface area contributed by atoms with Crippen molar-refractivity contribution >= 4 is 27.2 Å². The van der Waals surface area contributed by atoms with Gasteiger partial charge in [-0.2, -0.15) is 0 Å². The molecule has 1 aromatic carbocycles. The van der Waals surface area contributed by atoms with Crippen molar-refractivity contribution in [3.63, 3.8) is 0 Å². The zero-order valence-electron chi connectivity index (χ0n) is 14.1. The van der Waals surface area contributed by atoms with E-state index >= 15 is 0 Å². The number of nitrogens with one attached hydrogen (secondary N) is 1. The van der Waals surface area contributed by atoms with E-state index in [1.165, 1.54) is 0 Å². The van der Waals surface area contributed by atoms with E-state index in [0.717, 1.165) is 41.3 Å². The normalized spacial score (nSPS) is 20.7. The lowest BCUT2D eigenvalue weighted by atomic mass is 9.92. The van der Waals surface area contributed by atoms with Crippen LogP contribution in [0.4, 0.5) is 5.82 Å². The van der Waals surface area contributed by atoms with Crippen molar-refractivity contribution in [1.29, 1.82) is 0 Å². The zero-order chi connectivity index (χ0) is 17.4. The van der Waals surface area contributed by atoms with Gasteiger partial charge in [-0.1, -0.05) is 12.8 Å². The number of phenols is 1. The van der Waals surface area contributed by atoms with Gasteiger partial charge in [-0.3, -0.25) is 0 Å². The molecule has 0 bridgehead atoms. The number of aliphatic hydroxyl groups excluding tert-OH is 1. The fourth-order valence-electron chi connectivity index (χ4n) is 3.51. The Hall–Kier alpha value is -2.18. The maximum Gasteiger partial charge on any atom is 0.149 e. The summed E-state index contributed by atoms with van der Waals surface area (Å²) in [6.07, 6.45) is 3.64. The maximum absolute atomic E-state index is 10.6. The lowest BCUT2D eigenvalue weighted by Crippen LogP contribution is -2.36. The smallest absolute Gasteiger partial charge is 0.149 e. The molecule has 1 aliphatic carbocycles. The molecule has 2 heterocycles. The number of phenolic OH excluding ortho intramolecular Hbond substituents is 1. The molecule has 3 N–H and O–H groups in total. The SMILES string of the molecule is Cc1cc(N[C@@H]2CCCC[C@@H]2O)nnc1-c1ccc2sccc2c1O. The summed E-state index contributed by atoms with van der Waals surface area (Å²) in [6, 6.07) is 7.77. The molecule has 130 valence electrons. The number of hydrogen-bond donors (Lipinski definition) is 3. The van der Waals surface area contributed by atoms with Crippen LogP contribution in [0.15, 0.2) is 29.6 Å². The third kappa shape index (κ3) is 3.07. The van der Waals surface area contributed by atoms with Gasteiger partial charge in [0.1, 0.15) is 11.6 Å². The van der Waals surface area contributed by atoms with E-state index in [0.29, 0.717) is 17.1 Å². The van der Waals surface area contributed by atoms with Crippen LogP contribution < -0.4 is 5.32 Å². The second kappa shape index (κ2) is 6.61. The summed E-state index contributed by atoms with van der Waals surface area (Å²) in [5, 5.41) is 35.4. The average Bonchev–Trinajstić information content (AvgIpc) is 3.08. The summed E-state index contributed by atoms with van der Waals surface area (Å²) in [7, 11) is 0. The van der Waals surface area contributed by atoms with Crippen LogP contribution in [0.3, 0.4) is 0 Å². The van der Waals surface area contributed by atoms with Crippen molar-refractivity contribution in [2.75, 3.05) is 5.32 Å². The summed E-state index contributed by atoms with van der Waals surface area (Å²) in [4.78, 5) is 0. The molecular formula is C19H21N3O2S. The van der Waals surface area contributed by atoms with Crippen molar-refractivity contribution in [1.82, 2.24) is 10.2 Å². The van der Waals surface area contributed by atoms with E-state index in [-0.39, 0.29) is 17.9 Å². The van der Waals surface area contributed by atoms with Crippen LogP contribution in [-0.4, -0.2) is 32.6 Å². The number of aliphatic hydroxyl groups is 1. The van der Waals surface area contributed by atoms with Crippen LogP contribution in [0.25, 0.3) is 21.3 Å². The highest BCUT2D eigenvalue weighted by molar-refractivity contribution is 7.17. The number of benzene rings is 1. The van der Waals surface area contributed by atoms with Gasteiger partial charge < -0.3 is 15.5 Å². The van der Waals surface area contributed by atoms with Gasteiger partial charge >= 0.3 is 0 Å². The molecule has 3 aromatic rings. The van der Waals surface area contributed by atoms with Crippen molar-refractivity contribution in [2.24, 2.45) is 0 Å². The van der Waals surface area contributed by atoms with E-state index in [2.05, 4.69) is 15.5 Å². The zero-order valence-corrected chi connectivity index (χ0v) is 14.9. The Morgan fingerprint density at radius 1 is 1.16 bits per heavy atom. The number of rotatable bonds is 3. The Morgan fingerprint density at radius 2 is 2.00 bits per heavy atom. The molecule has 0 radical (unpaired) electrons. The topological polar surface area (TPSA) is 78.3 Å². The fourth-order valence-corrected chi connectivity index (χ4v) is 4.30. The molecule has 0 aliphatic heterocycles. The van der Waals surface area contributed by atoms with Gasteiger partial charge in [-0.05, 0) is 55.0 Å². The first-order chi connectivity index (χ1) is 12.1. The van der Waals surface area contributed by atoms with Crippen molar-refractivity contribution in [2.45, 2.75) is 44.8 Å². The highest BCUT2D eigenvalue weighted by Crippen LogP contribution is 2.38. The number of thiophene rings is 1. The van der Waals surface area contributed by atoms with Gasteiger partial charge in [0.2, 0.25) is 0 Å². The second-order valence-electron chi connectivity index (χ2n) is 6.66. The van der Waals surface area contributed by atoms with E-state index in [1.807, 2.05) is 36.6 Å².